The van der Waals surface area contributed by atoms with E-state index in [1.807, 2.05) is 11.8 Å². The second-order valence-electron chi connectivity index (χ2n) is 4.69. The SMILES string of the molecule is CCCC(N)CN1CCCC(C(F)(F)F)C1. The minimum Gasteiger partial charge on any atom is -0.327 e. The summed E-state index contributed by atoms with van der Waals surface area (Å²) in [5.74, 6) is -1.16. The topological polar surface area (TPSA) is 29.3 Å². The maximum Gasteiger partial charge on any atom is 0.393 e. The number of piperidine rings is 1. The van der Waals surface area contributed by atoms with Gasteiger partial charge in [0.05, 0.1) is 5.92 Å². The lowest BCUT2D eigenvalue weighted by Crippen LogP contribution is -2.46. The van der Waals surface area contributed by atoms with Gasteiger partial charge in [-0.3, -0.25) is 0 Å². The molecule has 0 aromatic heterocycles. The van der Waals surface area contributed by atoms with E-state index >= 15 is 0 Å². The first-order chi connectivity index (χ1) is 7.43. The number of nitrogens with zero attached hydrogens (tertiary/aromatic N) is 1. The summed E-state index contributed by atoms with van der Waals surface area (Å²) < 4.78 is 37.6. The maximum absolute atomic E-state index is 12.5. The molecule has 0 amide bonds. The smallest absolute Gasteiger partial charge is 0.327 e. The highest BCUT2D eigenvalue weighted by Crippen LogP contribution is 2.33. The predicted molar refractivity (Wildman–Crippen MR) is 58.1 cm³/mol. The summed E-state index contributed by atoms with van der Waals surface area (Å²) in [4.78, 5) is 1.86. The van der Waals surface area contributed by atoms with Crippen molar-refractivity contribution in [1.29, 1.82) is 0 Å². The molecule has 1 fully saturated rings. The Morgan fingerprint density at radius 3 is 2.69 bits per heavy atom. The molecule has 2 atom stereocenters. The van der Waals surface area contributed by atoms with Crippen LogP contribution in [0.25, 0.3) is 0 Å². The van der Waals surface area contributed by atoms with Crippen molar-refractivity contribution in [2.75, 3.05) is 19.6 Å². The van der Waals surface area contributed by atoms with Gasteiger partial charge in [-0.15, -0.1) is 0 Å². The zero-order valence-corrected chi connectivity index (χ0v) is 9.76. The van der Waals surface area contributed by atoms with Crippen LogP contribution < -0.4 is 5.73 Å². The molecule has 0 bridgehead atoms. The average molecular weight is 238 g/mol. The van der Waals surface area contributed by atoms with E-state index in [4.69, 9.17) is 5.73 Å². The second-order valence-corrected chi connectivity index (χ2v) is 4.69. The summed E-state index contributed by atoms with van der Waals surface area (Å²) in [6, 6.07) is 0.0111. The van der Waals surface area contributed by atoms with Gasteiger partial charge in [0.25, 0.3) is 0 Å². The Balaban J connectivity index is 2.39. The first-order valence-corrected chi connectivity index (χ1v) is 5.98. The van der Waals surface area contributed by atoms with Crippen molar-refractivity contribution in [3.63, 3.8) is 0 Å². The van der Waals surface area contributed by atoms with Crippen LogP contribution in [0, 0.1) is 5.92 Å². The van der Waals surface area contributed by atoms with Crippen LogP contribution in [0.15, 0.2) is 0 Å². The Morgan fingerprint density at radius 2 is 2.12 bits per heavy atom. The molecule has 1 aliphatic rings. The van der Waals surface area contributed by atoms with Gasteiger partial charge in [-0.2, -0.15) is 13.2 Å². The highest BCUT2D eigenvalue weighted by atomic mass is 19.4. The standard InChI is InChI=1S/C11H21F3N2/c1-2-4-10(15)8-16-6-3-5-9(7-16)11(12,13)14/h9-10H,2-8,15H2,1H3. The molecule has 5 heteroatoms. The molecule has 1 aliphatic heterocycles. The van der Waals surface area contributed by atoms with Crippen molar-refractivity contribution in [3.05, 3.63) is 0 Å². The fourth-order valence-corrected chi connectivity index (χ4v) is 2.28. The van der Waals surface area contributed by atoms with E-state index in [-0.39, 0.29) is 19.0 Å². The molecule has 0 aromatic carbocycles. The Kier molecular flexibility index (Phi) is 5.05. The minimum absolute atomic E-state index is 0.0111. The van der Waals surface area contributed by atoms with Crippen molar-refractivity contribution in [2.45, 2.75) is 44.8 Å². The van der Waals surface area contributed by atoms with Crippen LogP contribution in [0.4, 0.5) is 13.2 Å². The second kappa shape index (κ2) is 5.87. The Labute approximate surface area is 95.0 Å². The molecule has 2 nitrogen and oxygen atoms in total. The van der Waals surface area contributed by atoms with Gasteiger partial charge in [-0.25, -0.2) is 0 Å². The molecular weight excluding hydrogens is 217 g/mol. The fraction of sp³-hybridized carbons (Fsp3) is 1.00. The first kappa shape index (κ1) is 13.8. The summed E-state index contributed by atoms with van der Waals surface area (Å²) in [5, 5.41) is 0. The number of hydrogen-bond donors (Lipinski definition) is 1. The third-order valence-electron chi connectivity index (χ3n) is 3.12. The van der Waals surface area contributed by atoms with E-state index in [0.717, 1.165) is 19.4 Å². The van der Waals surface area contributed by atoms with E-state index in [2.05, 4.69) is 0 Å². The van der Waals surface area contributed by atoms with Crippen LogP contribution >= 0.6 is 0 Å². The summed E-state index contributed by atoms with van der Waals surface area (Å²) in [6.07, 6.45) is -1.29. The largest absolute Gasteiger partial charge is 0.393 e. The molecule has 0 spiro atoms. The summed E-state index contributed by atoms with van der Waals surface area (Å²) in [7, 11) is 0. The molecule has 0 aromatic rings. The zero-order valence-electron chi connectivity index (χ0n) is 9.76. The number of alkyl halides is 3. The van der Waals surface area contributed by atoms with E-state index < -0.39 is 12.1 Å². The third-order valence-corrected chi connectivity index (χ3v) is 3.12. The molecule has 16 heavy (non-hydrogen) atoms. The molecule has 0 saturated carbocycles. The molecule has 0 aliphatic carbocycles. The fourth-order valence-electron chi connectivity index (χ4n) is 2.28. The first-order valence-electron chi connectivity index (χ1n) is 5.98. The quantitative estimate of drug-likeness (QED) is 0.814. The van der Waals surface area contributed by atoms with Crippen LogP contribution in [0.3, 0.4) is 0 Å². The van der Waals surface area contributed by atoms with Gasteiger partial charge in [0.2, 0.25) is 0 Å². The van der Waals surface area contributed by atoms with Crippen molar-refractivity contribution < 1.29 is 13.2 Å². The molecule has 2 unspecified atom stereocenters. The van der Waals surface area contributed by atoms with Gasteiger partial charge >= 0.3 is 6.18 Å². The molecule has 1 heterocycles. The van der Waals surface area contributed by atoms with E-state index in [1.54, 1.807) is 0 Å². The normalized spacial score (nSPS) is 25.7. The highest BCUT2D eigenvalue weighted by Gasteiger charge is 2.41. The van der Waals surface area contributed by atoms with Crippen molar-refractivity contribution >= 4 is 0 Å². The monoisotopic (exact) mass is 238 g/mol. The predicted octanol–water partition coefficient (Wildman–Crippen LogP) is 2.39. The molecule has 96 valence electrons. The minimum atomic E-state index is -4.05. The van der Waals surface area contributed by atoms with Crippen LogP contribution in [0.5, 0.6) is 0 Å². The Bertz CT molecular complexity index is 206. The van der Waals surface area contributed by atoms with Gasteiger partial charge in [0.15, 0.2) is 0 Å². The number of halogens is 3. The number of hydrogen-bond acceptors (Lipinski definition) is 2. The molecular formula is C11H21F3N2. The molecule has 1 rings (SSSR count). The van der Waals surface area contributed by atoms with Crippen LogP contribution in [-0.2, 0) is 0 Å². The summed E-state index contributed by atoms with van der Waals surface area (Å²) in [5.41, 5.74) is 5.85. The lowest BCUT2D eigenvalue weighted by Gasteiger charge is -2.35. The lowest BCUT2D eigenvalue weighted by molar-refractivity contribution is -0.186. The molecule has 0 radical (unpaired) electrons. The van der Waals surface area contributed by atoms with E-state index in [9.17, 15) is 13.2 Å². The number of rotatable bonds is 4. The van der Waals surface area contributed by atoms with Crippen molar-refractivity contribution in [1.82, 2.24) is 4.90 Å². The van der Waals surface area contributed by atoms with Gasteiger partial charge in [-0.05, 0) is 25.8 Å². The average Bonchev–Trinajstić information content (AvgIpc) is 2.17. The van der Waals surface area contributed by atoms with Gasteiger partial charge in [0.1, 0.15) is 0 Å². The van der Waals surface area contributed by atoms with Crippen LogP contribution in [-0.4, -0.2) is 36.8 Å². The maximum atomic E-state index is 12.5. The van der Waals surface area contributed by atoms with Crippen LogP contribution in [0.2, 0.25) is 0 Å². The molecule has 2 N–H and O–H groups in total. The van der Waals surface area contributed by atoms with Gasteiger partial charge in [0, 0.05) is 19.1 Å². The van der Waals surface area contributed by atoms with E-state index in [1.165, 1.54) is 0 Å². The molecule has 1 saturated heterocycles. The van der Waals surface area contributed by atoms with Gasteiger partial charge < -0.3 is 10.6 Å². The lowest BCUT2D eigenvalue weighted by atomic mass is 9.97. The Hall–Kier alpha value is -0.290. The van der Waals surface area contributed by atoms with Gasteiger partial charge in [-0.1, -0.05) is 13.3 Å². The summed E-state index contributed by atoms with van der Waals surface area (Å²) in [6.45, 7) is 3.51. The third kappa shape index (κ3) is 4.29. The van der Waals surface area contributed by atoms with Crippen molar-refractivity contribution in [3.8, 4) is 0 Å². The zero-order chi connectivity index (χ0) is 12.2. The number of nitrogens with two attached hydrogens (primary N) is 1. The Morgan fingerprint density at radius 1 is 1.44 bits per heavy atom. The van der Waals surface area contributed by atoms with Crippen LogP contribution in [0.1, 0.15) is 32.6 Å². The number of likely N-dealkylation sites (tertiary alicyclic amines) is 1. The highest BCUT2D eigenvalue weighted by molar-refractivity contribution is 4.80. The van der Waals surface area contributed by atoms with E-state index in [0.29, 0.717) is 13.0 Å². The summed E-state index contributed by atoms with van der Waals surface area (Å²) >= 11 is 0. The van der Waals surface area contributed by atoms with Crippen molar-refractivity contribution in [2.24, 2.45) is 11.7 Å².